The van der Waals surface area contributed by atoms with E-state index >= 15 is 0 Å². The fourth-order valence-electron chi connectivity index (χ4n) is 2.80. The first-order valence-corrected chi connectivity index (χ1v) is 8.54. The van der Waals surface area contributed by atoms with Crippen LogP contribution < -0.4 is 5.32 Å². The van der Waals surface area contributed by atoms with Crippen LogP contribution in [0.2, 0.25) is 0 Å². The van der Waals surface area contributed by atoms with E-state index < -0.39 is 0 Å². The monoisotopic (exact) mass is 308 g/mol. The van der Waals surface area contributed by atoms with Crippen LogP contribution in [0.3, 0.4) is 0 Å². The molecule has 1 aromatic rings. The molecule has 2 amide bonds. The second-order valence-corrected chi connectivity index (χ2v) is 6.86. The van der Waals surface area contributed by atoms with Crippen LogP contribution in [0, 0.1) is 5.92 Å². The first-order chi connectivity index (χ1) is 10.0. The van der Waals surface area contributed by atoms with Gasteiger partial charge in [0.15, 0.2) is 0 Å². The van der Waals surface area contributed by atoms with E-state index in [0.29, 0.717) is 25.4 Å². The smallest absolute Gasteiger partial charge is 0.243 e. The van der Waals surface area contributed by atoms with Gasteiger partial charge in [-0.05, 0) is 40.6 Å². The molecule has 1 N–H and O–H groups in total. The van der Waals surface area contributed by atoms with Crippen molar-refractivity contribution in [2.45, 2.75) is 45.6 Å². The highest BCUT2D eigenvalue weighted by Crippen LogP contribution is 2.20. The molecule has 1 aliphatic rings. The maximum Gasteiger partial charge on any atom is 0.243 e. The van der Waals surface area contributed by atoms with Gasteiger partial charge >= 0.3 is 0 Å². The first-order valence-electron chi connectivity index (χ1n) is 7.60. The van der Waals surface area contributed by atoms with Gasteiger partial charge in [0.05, 0.1) is 0 Å². The third kappa shape index (κ3) is 3.84. The number of likely N-dealkylation sites (tertiary alicyclic amines) is 1. The summed E-state index contributed by atoms with van der Waals surface area (Å²) in [6.07, 6.45) is 1.43. The molecule has 0 aromatic carbocycles. The molecular formula is C16H24N2O2S. The first kappa shape index (κ1) is 16.0. The van der Waals surface area contributed by atoms with Gasteiger partial charge in [0.2, 0.25) is 11.8 Å². The van der Waals surface area contributed by atoms with E-state index in [-0.39, 0.29) is 23.8 Å². The quantitative estimate of drug-likeness (QED) is 0.878. The molecule has 1 aromatic heterocycles. The SMILES string of the molecule is CC(C)[C@H](C(=O)NC[C@H](C)c1ccsc1)N1CCCC1=O. The van der Waals surface area contributed by atoms with E-state index in [9.17, 15) is 9.59 Å². The molecule has 5 heteroatoms. The molecule has 0 saturated carbocycles. The molecule has 4 nitrogen and oxygen atoms in total. The lowest BCUT2D eigenvalue weighted by molar-refractivity contribution is -0.139. The van der Waals surface area contributed by atoms with Crippen molar-refractivity contribution in [3.8, 4) is 0 Å². The second-order valence-electron chi connectivity index (χ2n) is 6.08. The minimum Gasteiger partial charge on any atom is -0.354 e. The highest BCUT2D eigenvalue weighted by atomic mass is 32.1. The number of rotatable bonds is 6. The molecule has 1 saturated heterocycles. The van der Waals surface area contributed by atoms with E-state index in [1.165, 1.54) is 5.56 Å². The molecule has 1 aliphatic heterocycles. The van der Waals surface area contributed by atoms with Crippen LogP contribution in [0.1, 0.15) is 45.1 Å². The van der Waals surface area contributed by atoms with Gasteiger partial charge in [-0.2, -0.15) is 11.3 Å². The maximum atomic E-state index is 12.5. The Hall–Kier alpha value is -1.36. The number of nitrogens with zero attached hydrogens (tertiary/aromatic N) is 1. The summed E-state index contributed by atoms with van der Waals surface area (Å²) >= 11 is 1.67. The van der Waals surface area contributed by atoms with Crippen LogP contribution in [0.4, 0.5) is 0 Å². The largest absolute Gasteiger partial charge is 0.354 e. The standard InChI is InChI=1S/C16H24N2O2S/c1-11(2)15(18-7-4-5-14(18)19)16(20)17-9-12(3)13-6-8-21-10-13/h6,8,10-12,15H,4-5,7,9H2,1-3H3,(H,17,20)/t12-,15+/m0/s1. The molecule has 0 bridgehead atoms. The Morgan fingerprint density at radius 2 is 2.19 bits per heavy atom. The molecule has 2 rings (SSSR count). The van der Waals surface area contributed by atoms with Gasteiger partial charge in [-0.25, -0.2) is 0 Å². The molecule has 0 aliphatic carbocycles. The summed E-state index contributed by atoms with van der Waals surface area (Å²) in [5.74, 6) is 0.503. The molecule has 116 valence electrons. The predicted molar refractivity (Wildman–Crippen MR) is 85.3 cm³/mol. The number of thiophene rings is 1. The van der Waals surface area contributed by atoms with Gasteiger partial charge < -0.3 is 10.2 Å². The van der Waals surface area contributed by atoms with Gasteiger partial charge in [-0.1, -0.05) is 20.8 Å². The van der Waals surface area contributed by atoms with Crippen molar-refractivity contribution in [3.05, 3.63) is 22.4 Å². The van der Waals surface area contributed by atoms with E-state index in [0.717, 1.165) is 6.42 Å². The average Bonchev–Trinajstić information content (AvgIpc) is 3.08. The van der Waals surface area contributed by atoms with Crippen LogP contribution in [0.15, 0.2) is 16.8 Å². The fraction of sp³-hybridized carbons (Fsp3) is 0.625. The Bertz CT molecular complexity index is 484. The Labute approximate surface area is 130 Å². The van der Waals surface area contributed by atoms with Gasteiger partial charge in [0.25, 0.3) is 0 Å². The van der Waals surface area contributed by atoms with Crippen molar-refractivity contribution in [2.75, 3.05) is 13.1 Å². The lowest BCUT2D eigenvalue weighted by atomic mass is 10.0. The Kier molecular flexibility index (Phi) is 5.39. The maximum absolute atomic E-state index is 12.5. The highest BCUT2D eigenvalue weighted by Gasteiger charge is 2.34. The van der Waals surface area contributed by atoms with Crippen molar-refractivity contribution in [1.82, 2.24) is 10.2 Å². The van der Waals surface area contributed by atoms with Crippen LogP contribution in [-0.4, -0.2) is 35.8 Å². The van der Waals surface area contributed by atoms with E-state index in [1.54, 1.807) is 16.2 Å². The van der Waals surface area contributed by atoms with E-state index in [1.807, 2.05) is 19.2 Å². The van der Waals surface area contributed by atoms with Crippen molar-refractivity contribution >= 4 is 23.2 Å². The third-order valence-electron chi connectivity index (χ3n) is 4.04. The summed E-state index contributed by atoms with van der Waals surface area (Å²) < 4.78 is 0. The lowest BCUT2D eigenvalue weighted by Gasteiger charge is -2.30. The molecule has 0 spiro atoms. The van der Waals surface area contributed by atoms with E-state index in [4.69, 9.17) is 0 Å². The average molecular weight is 308 g/mol. The summed E-state index contributed by atoms with van der Waals surface area (Å²) in [5, 5.41) is 7.18. The predicted octanol–water partition coefficient (Wildman–Crippen LogP) is 2.61. The van der Waals surface area contributed by atoms with Crippen molar-refractivity contribution in [1.29, 1.82) is 0 Å². The topological polar surface area (TPSA) is 49.4 Å². The Balaban J connectivity index is 1.94. The summed E-state index contributed by atoms with van der Waals surface area (Å²) in [6, 6.07) is 1.75. The van der Waals surface area contributed by atoms with Crippen LogP contribution >= 0.6 is 11.3 Å². The zero-order valence-electron chi connectivity index (χ0n) is 13.0. The van der Waals surface area contributed by atoms with Crippen molar-refractivity contribution < 1.29 is 9.59 Å². The summed E-state index contributed by atoms with van der Waals surface area (Å²) in [5.41, 5.74) is 1.25. The minimum atomic E-state index is -0.338. The molecule has 0 unspecified atom stereocenters. The van der Waals surface area contributed by atoms with Gasteiger partial charge in [-0.3, -0.25) is 9.59 Å². The van der Waals surface area contributed by atoms with Gasteiger partial charge in [0, 0.05) is 19.5 Å². The molecule has 2 heterocycles. The summed E-state index contributed by atoms with van der Waals surface area (Å²) in [7, 11) is 0. The molecule has 1 fully saturated rings. The number of hydrogen-bond donors (Lipinski definition) is 1. The van der Waals surface area contributed by atoms with E-state index in [2.05, 4.69) is 23.7 Å². The molecule has 0 radical (unpaired) electrons. The summed E-state index contributed by atoms with van der Waals surface area (Å²) in [4.78, 5) is 26.1. The number of nitrogens with one attached hydrogen (secondary N) is 1. The summed E-state index contributed by atoms with van der Waals surface area (Å²) in [6.45, 7) is 7.42. The van der Waals surface area contributed by atoms with Crippen LogP contribution in [0.25, 0.3) is 0 Å². The number of hydrogen-bond acceptors (Lipinski definition) is 3. The van der Waals surface area contributed by atoms with Gasteiger partial charge in [0.1, 0.15) is 6.04 Å². The minimum absolute atomic E-state index is 0.0256. The van der Waals surface area contributed by atoms with Crippen molar-refractivity contribution in [2.24, 2.45) is 5.92 Å². The molecule has 2 atom stereocenters. The molecular weight excluding hydrogens is 284 g/mol. The lowest BCUT2D eigenvalue weighted by Crippen LogP contribution is -2.50. The number of carbonyl (C=O) groups is 2. The number of carbonyl (C=O) groups excluding carboxylic acids is 2. The van der Waals surface area contributed by atoms with Crippen molar-refractivity contribution in [3.63, 3.8) is 0 Å². The number of amides is 2. The Morgan fingerprint density at radius 3 is 2.71 bits per heavy atom. The van der Waals surface area contributed by atoms with Crippen LogP contribution in [-0.2, 0) is 9.59 Å². The Morgan fingerprint density at radius 1 is 1.43 bits per heavy atom. The third-order valence-corrected chi connectivity index (χ3v) is 4.74. The van der Waals surface area contributed by atoms with Crippen LogP contribution in [0.5, 0.6) is 0 Å². The van der Waals surface area contributed by atoms with Gasteiger partial charge in [-0.15, -0.1) is 0 Å². The normalized spacial score (nSPS) is 18.1. The highest BCUT2D eigenvalue weighted by molar-refractivity contribution is 7.07. The zero-order valence-corrected chi connectivity index (χ0v) is 13.8. The fourth-order valence-corrected chi connectivity index (χ4v) is 3.58. The molecule has 21 heavy (non-hydrogen) atoms. The zero-order chi connectivity index (χ0) is 15.4. The second kappa shape index (κ2) is 7.07.